The van der Waals surface area contributed by atoms with E-state index in [1.54, 1.807) is 0 Å². The van der Waals surface area contributed by atoms with Gasteiger partial charge in [-0.3, -0.25) is 0 Å². The number of rotatable bonds is 2. The maximum atomic E-state index is 6.33. The van der Waals surface area contributed by atoms with Crippen molar-refractivity contribution >= 4 is 10.8 Å². The fourth-order valence-corrected chi connectivity index (χ4v) is 3.97. The molecule has 0 saturated heterocycles. The highest BCUT2D eigenvalue weighted by atomic mass is 16.3. The Morgan fingerprint density at radius 1 is 0.720 bits per heavy atom. The van der Waals surface area contributed by atoms with Crippen LogP contribution in [0.15, 0.2) is 77.2 Å². The Balaban J connectivity index is 1.52. The first kappa shape index (κ1) is 14.5. The van der Waals surface area contributed by atoms with Crippen molar-refractivity contribution in [1.82, 2.24) is 0 Å². The van der Waals surface area contributed by atoms with Crippen molar-refractivity contribution in [2.75, 3.05) is 0 Å². The molecule has 1 aliphatic rings. The molecule has 1 nitrogen and oxygen atoms in total. The Kier molecular flexibility index (Phi) is 3.45. The molecule has 0 saturated carbocycles. The minimum Gasteiger partial charge on any atom is -0.460 e. The third-order valence-corrected chi connectivity index (χ3v) is 5.21. The normalized spacial score (nSPS) is 13.3. The van der Waals surface area contributed by atoms with Gasteiger partial charge in [0.25, 0.3) is 0 Å². The first-order valence-electron chi connectivity index (χ1n) is 9.04. The molecule has 0 unspecified atom stereocenters. The summed E-state index contributed by atoms with van der Waals surface area (Å²) >= 11 is 0. The van der Waals surface area contributed by atoms with E-state index < -0.39 is 0 Å². The standard InChI is InChI=1S/C24H20O/c1-2-8-20-14-17(12-13-18(20)6-1)15-22-16-21-10-5-9-19-7-3-4-11-23(19)24(21)25-22/h1-4,6-8,11-14,16H,5,9-10,15H2. The Labute approximate surface area is 147 Å². The second kappa shape index (κ2) is 5.93. The Morgan fingerprint density at radius 2 is 1.52 bits per heavy atom. The maximum absolute atomic E-state index is 6.33. The topological polar surface area (TPSA) is 13.1 Å². The van der Waals surface area contributed by atoms with Gasteiger partial charge in [-0.1, -0.05) is 66.7 Å². The summed E-state index contributed by atoms with van der Waals surface area (Å²) < 4.78 is 6.33. The van der Waals surface area contributed by atoms with Gasteiger partial charge in [0.2, 0.25) is 0 Å². The van der Waals surface area contributed by atoms with Crippen molar-refractivity contribution in [2.24, 2.45) is 0 Å². The van der Waals surface area contributed by atoms with Gasteiger partial charge in [-0.05, 0) is 52.8 Å². The molecule has 1 heterocycles. The molecule has 1 heteroatoms. The van der Waals surface area contributed by atoms with Crippen molar-refractivity contribution in [1.29, 1.82) is 0 Å². The van der Waals surface area contributed by atoms with Gasteiger partial charge in [0.05, 0.1) is 0 Å². The van der Waals surface area contributed by atoms with E-state index in [1.165, 1.54) is 39.4 Å². The van der Waals surface area contributed by atoms with Crippen molar-refractivity contribution in [3.63, 3.8) is 0 Å². The summed E-state index contributed by atoms with van der Waals surface area (Å²) in [6.45, 7) is 0. The van der Waals surface area contributed by atoms with Gasteiger partial charge in [0, 0.05) is 12.0 Å². The van der Waals surface area contributed by atoms with Crippen LogP contribution in [0.2, 0.25) is 0 Å². The van der Waals surface area contributed by atoms with Crippen LogP contribution in [0.1, 0.15) is 28.9 Å². The molecular formula is C24H20O. The fraction of sp³-hybridized carbons (Fsp3) is 0.167. The first-order chi connectivity index (χ1) is 12.4. The summed E-state index contributed by atoms with van der Waals surface area (Å²) in [5.74, 6) is 2.15. The van der Waals surface area contributed by atoms with Crippen molar-refractivity contribution in [3.8, 4) is 11.3 Å². The number of hydrogen-bond donors (Lipinski definition) is 0. The third kappa shape index (κ3) is 2.66. The van der Waals surface area contributed by atoms with Crippen LogP contribution < -0.4 is 0 Å². The smallest absolute Gasteiger partial charge is 0.137 e. The van der Waals surface area contributed by atoms with Crippen LogP contribution >= 0.6 is 0 Å². The lowest BCUT2D eigenvalue weighted by molar-refractivity contribution is 0.533. The van der Waals surface area contributed by atoms with E-state index in [0.29, 0.717) is 0 Å². The van der Waals surface area contributed by atoms with E-state index in [1.807, 2.05) is 0 Å². The molecule has 0 bridgehead atoms. The second-order valence-electron chi connectivity index (χ2n) is 6.94. The molecule has 0 amide bonds. The molecule has 0 atom stereocenters. The zero-order chi connectivity index (χ0) is 16.6. The molecule has 0 N–H and O–H groups in total. The fourth-order valence-electron chi connectivity index (χ4n) is 3.97. The van der Waals surface area contributed by atoms with Gasteiger partial charge in [0.1, 0.15) is 11.5 Å². The Bertz CT molecular complexity index is 1050. The highest BCUT2D eigenvalue weighted by molar-refractivity contribution is 5.83. The molecule has 122 valence electrons. The lowest BCUT2D eigenvalue weighted by Gasteiger charge is -2.05. The largest absolute Gasteiger partial charge is 0.460 e. The van der Waals surface area contributed by atoms with Crippen molar-refractivity contribution < 1.29 is 4.42 Å². The van der Waals surface area contributed by atoms with Crippen LogP contribution in [-0.2, 0) is 19.3 Å². The van der Waals surface area contributed by atoms with Gasteiger partial charge in [-0.15, -0.1) is 0 Å². The average Bonchev–Trinajstić information content (AvgIpc) is 2.96. The van der Waals surface area contributed by atoms with Gasteiger partial charge in [-0.2, -0.15) is 0 Å². The summed E-state index contributed by atoms with van der Waals surface area (Å²) in [5, 5.41) is 2.58. The number of fused-ring (bicyclic) bond motifs is 4. The molecule has 25 heavy (non-hydrogen) atoms. The van der Waals surface area contributed by atoms with E-state index in [0.717, 1.165) is 30.8 Å². The summed E-state index contributed by atoms with van der Waals surface area (Å²) in [6, 6.07) is 26.1. The van der Waals surface area contributed by atoms with E-state index in [4.69, 9.17) is 4.42 Å². The molecule has 0 aliphatic heterocycles. The second-order valence-corrected chi connectivity index (χ2v) is 6.94. The predicted molar refractivity (Wildman–Crippen MR) is 103 cm³/mol. The average molecular weight is 324 g/mol. The summed E-state index contributed by atoms with van der Waals surface area (Å²) in [5.41, 5.74) is 5.35. The SMILES string of the molecule is c1ccc2c(c1)CCCc1cc(Cc3ccc4ccccc4c3)oc1-2. The maximum Gasteiger partial charge on any atom is 0.137 e. The van der Waals surface area contributed by atoms with Crippen LogP contribution in [0.3, 0.4) is 0 Å². The van der Waals surface area contributed by atoms with Gasteiger partial charge >= 0.3 is 0 Å². The molecule has 0 fully saturated rings. The lowest BCUT2D eigenvalue weighted by Crippen LogP contribution is -1.88. The number of aryl methyl sites for hydroxylation is 2. The van der Waals surface area contributed by atoms with Crippen LogP contribution in [0, 0.1) is 0 Å². The number of furan rings is 1. The van der Waals surface area contributed by atoms with Gasteiger partial charge in [0.15, 0.2) is 0 Å². The predicted octanol–water partition coefficient (Wildman–Crippen LogP) is 6.18. The number of benzene rings is 3. The van der Waals surface area contributed by atoms with Gasteiger partial charge in [-0.25, -0.2) is 0 Å². The van der Waals surface area contributed by atoms with E-state index in [-0.39, 0.29) is 0 Å². The minimum absolute atomic E-state index is 0.847. The van der Waals surface area contributed by atoms with Crippen LogP contribution in [0.4, 0.5) is 0 Å². The summed E-state index contributed by atoms with van der Waals surface area (Å²) in [7, 11) is 0. The highest BCUT2D eigenvalue weighted by Gasteiger charge is 2.19. The van der Waals surface area contributed by atoms with E-state index >= 15 is 0 Å². The quantitative estimate of drug-likeness (QED) is 0.429. The summed E-state index contributed by atoms with van der Waals surface area (Å²) in [4.78, 5) is 0. The zero-order valence-corrected chi connectivity index (χ0v) is 14.2. The molecule has 3 aromatic carbocycles. The third-order valence-electron chi connectivity index (χ3n) is 5.21. The molecule has 1 aliphatic carbocycles. The molecule has 5 rings (SSSR count). The van der Waals surface area contributed by atoms with Crippen LogP contribution in [-0.4, -0.2) is 0 Å². The minimum atomic E-state index is 0.847. The van der Waals surface area contributed by atoms with E-state index in [9.17, 15) is 0 Å². The van der Waals surface area contributed by atoms with Crippen LogP contribution in [0.25, 0.3) is 22.1 Å². The first-order valence-corrected chi connectivity index (χ1v) is 9.04. The van der Waals surface area contributed by atoms with Crippen molar-refractivity contribution in [3.05, 3.63) is 95.2 Å². The molecule has 1 aromatic heterocycles. The Morgan fingerprint density at radius 3 is 2.48 bits per heavy atom. The van der Waals surface area contributed by atoms with E-state index in [2.05, 4.69) is 72.8 Å². The molecule has 0 radical (unpaired) electrons. The van der Waals surface area contributed by atoms with Crippen molar-refractivity contribution in [2.45, 2.75) is 25.7 Å². The molecular weight excluding hydrogens is 304 g/mol. The van der Waals surface area contributed by atoms with Gasteiger partial charge < -0.3 is 4.42 Å². The Hall–Kier alpha value is -2.80. The zero-order valence-electron chi connectivity index (χ0n) is 14.2. The molecule has 0 spiro atoms. The monoisotopic (exact) mass is 324 g/mol. The summed E-state index contributed by atoms with van der Waals surface area (Å²) in [6.07, 6.45) is 4.28. The lowest BCUT2D eigenvalue weighted by atomic mass is 10.0. The van der Waals surface area contributed by atoms with Crippen LogP contribution in [0.5, 0.6) is 0 Å². The highest BCUT2D eigenvalue weighted by Crippen LogP contribution is 2.35. The number of hydrogen-bond acceptors (Lipinski definition) is 1. The molecule has 4 aromatic rings.